The standard InChI is InChI=1S/C17H21N3O3.C15H18N4O3.C11H16N2O2.C6H7NO2.C6H15N.CH4.ClH.H3NO/c1-3-23-17(22)13-10-14-12-20(9-5-8-19(14)11-13)16(21)15-6-4-7-18(15)2;1-17-5-2-4-13(17)15(21)19-7-3-6-18-9-11(14(20)16-22)8-12(18)10-19;1-2-15-11(14)9-6-10-7-12-4-3-5-13(10)8-9;1-7-4-2-3-5(7)6(8)9;1-4-7(5-2)6-3;;;1-2/h4,6-7,10-11H,3,5,8-9,12H2,1-2H3;2,4-5,8-9,22H,3,6-7,10H2,1H3,(H,16,20);6,8,12H,2-5,7H2,1H3;2-4H,1H3,(H,8,9);4-6H2,1-3H3;1H4;1H;2H,1H2. The minimum Gasteiger partial charge on any atom is -0.477 e. The van der Waals surface area contributed by atoms with Crippen molar-refractivity contribution in [1.29, 1.82) is 0 Å². The van der Waals surface area contributed by atoms with Crippen LogP contribution in [0.2, 0.25) is 0 Å². The van der Waals surface area contributed by atoms with Crippen molar-refractivity contribution in [3.05, 3.63) is 143 Å². The first-order chi connectivity index (χ1) is 37.6. The number of aryl methyl sites for hydroxylation is 6. The van der Waals surface area contributed by atoms with E-state index < -0.39 is 11.9 Å². The van der Waals surface area contributed by atoms with E-state index >= 15 is 0 Å². The van der Waals surface area contributed by atoms with Crippen molar-refractivity contribution in [3.8, 4) is 0 Å². The van der Waals surface area contributed by atoms with Gasteiger partial charge in [0.25, 0.3) is 17.7 Å². The molecule has 80 heavy (non-hydrogen) atoms. The summed E-state index contributed by atoms with van der Waals surface area (Å²) < 4.78 is 21.3. The minimum absolute atomic E-state index is 0. The van der Waals surface area contributed by atoms with Crippen molar-refractivity contribution in [2.24, 2.45) is 27.0 Å². The number of nitrogens with zero attached hydrogens (tertiary/aromatic N) is 9. The van der Waals surface area contributed by atoms with Gasteiger partial charge in [-0.2, -0.15) is 0 Å². The molecule has 3 aliphatic heterocycles. The summed E-state index contributed by atoms with van der Waals surface area (Å²) in [6.07, 6.45) is 13.6. The molecular weight excluding hydrogens is 1050 g/mol. The van der Waals surface area contributed by atoms with Crippen LogP contribution in [0.15, 0.2) is 91.8 Å². The number of hydroxylamine groups is 1. The summed E-state index contributed by atoms with van der Waals surface area (Å²) in [5, 5.41) is 27.0. The average Bonchev–Trinajstić information content (AvgIpc) is 4.32. The van der Waals surface area contributed by atoms with Crippen molar-refractivity contribution in [2.75, 3.05) is 52.5 Å². The lowest BCUT2D eigenvalue weighted by molar-refractivity contribution is 0.0516. The second-order valence-corrected chi connectivity index (χ2v) is 18.3. The first-order valence-electron chi connectivity index (χ1n) is 26.3. The summed E-state index contributed by atoms with van der Waals surface area (Å²) in [5.41, 5.74) is 7.90. The molecule has 0 fully saturated rings. The van der Waals surface area contributed by atoms with E-state index in [0.29, 0.717) is 73.2 Å². The molecule has 6 aromatic heterocycles. The molecule has 0 aromatic carbocycles. The Balaban J connectivity index is 0.000000356. The molecule has 3 aliphatic rings. The number of amides is 3. The van der Waals surface area contributed by atoms with Crippen molar-refractivity contribution >= 4 is 48.0 Å². The van der Waals surface area contributed by atoms with E-state index in [2.05, 4.69) is 41.5 Å². The number of carboxylic acid groups (broad SMARTS) is 1. The third kappa shape index (κ3) is 19.4. The van der Waals surface area contributed by atoms with Crippen molar-refractivity contribution < 1.29 is 53.8 Å². The fourth-order valence-electron chi connectivity index (χ4n) is 8.94. The van der Waals surface area contributed by atoms with E-state index in [9.17, 15) is 28.8 Å². The molecule has 24 heteroatoms. The zero-order valence-electron chi connectivity index (χ0n) is 46.8. The monoisotopic (exact) mass is 1140 g/mol. The summed E-state index contributed by atoms with van der Waals surface area (Å²) in [6, 6.07) is 16.1. The number of carbonyl (C=O) groups excluding carboxylic acids is 5. The second kappa shape index (κ2) is 35.3. The third-order valence-electron chi connectivity index (χ3n) is 13.2. The first kappa shape index (κ1) is 68.7. The summed E-state index contributed by atoms with van der Waals surface area (Å²) in [5.74, 6) is 1.54. The topological polar surface area (TPSA) is 271 Å². The number of esters is 2. The number of ether oxygens (including phenoxy) is 2. The Labute approximate surface area is 475 Å². The number of nitrogens with one attached hydrogen (secondary N) is 2. The molecule has 7 N–H and O–H groups in total. The van der Waals surface area contributed by atoms with Gasteiger partial charge in [0.05, 0.1) is 43.0 Å². The highest BCUT2D eigenvalue weighted by molar-refractivity contribution is 5.95. The maximum absolute atomic E-state index is 12.7. The van der Waals surface area contributed by atoms with Crippen LogP contribution < -0.4 is 16.7 Å². The van der Waals surface area contributed by atoms with Gasteiger partial charge in [-0.1, -0.05) is 28.2 Å². The van der Waals surface area contributed by atoms with Crippen LogP contribution >= 0.6 is 12.4 Å². The van der Waals surface area contributed by atoms with Crippen LogP contribution in [0.4, 0.5) is 0 Å². The molecule has 0 unspecified atom stereocenters. The van der Waals surface area contributed by atoms with Gasteiger partial charge in [-0.25, -0.2) is 25.8 Å². The molecule has 9 rings (SSSR count). The van der Waals surface area contributed by atoms with Crippen LogP contribution in [0.1, 0.15) is 141 Å². The van der Waals surface area contributed by atoms with E-state index in [-0.39, 0.29) is 43.6 Å². The highest BCUT2D eigenvalue weighted by Crippen LogP contribution is 2.21. The number of hydrogen-bond acceptors (Lipinski definition) is 13. The number of carbonyl (C=O) groups is 6. The van der Waals surface area contributed by atoms with E-state index in [1.165, 1.54) is 19.6 Å². The normalized spacial score (nSPS) is 13.0. The summed E-state index contributed by atoms with van der Waals surface area (Å²) >= 11 is 0. The SMILES string of the molecule is C.CCN(CC)CC.CCOC(=O)c1cc2n(c1)CCCN(C(=O)c1cccn1C)C2.CCOC(=O)c1cc2n(c1)CCCNC2.Cl.Cn1cccc1C(=O)N1CCCn2cc(C(=O)NO)cc2C1.Cn1cccc1C(=O)O.NO. The zero-order valence-corrected chi connectivity index (χ0v) is 47.6. The molecule has 442 valence electrons. The molecule has 23 nitrogen and oxygen atoms in total. The lowest BCUT2D eigenvalue weighted by atomic mass is 10.2. The molecule has 0 radical (unpaired) electrons. The van der Waals surface area contributed by atoms with Gasteiger partial charge in [0.15, 0.2) is 0 Å². The third-order valence-corrected chi connectivity index (χ3v) is 13.2. The van der Waals surface area contributed by atoms with Gasteiger partial charge in [-0.05, 0) is 114 Å². The molecule has 0 spiro atoms. The molecule has 0 saturated heterocycles. The molecule has 0 bridgehead atoms. The smallest absolute Gasteiger partial charge is 0.352 e. The Morgan fingerprint density at radius 2 is 0.988 bits per heavy atom. The summed E-state index contributed by atoms with van der Waals surface area (Å²) in [7, 11) is 5.41. The maximum atomic E-state index is 12.7. The van der Waals surface area contributed by atoms with E-state index in [4.69, 9.17) is 25.0 Å². The van der Waals surface area contributed by atoms with E-state index in [0.717, 1.165) is 69.1 Å². The molecule has 3 amide bonds. The van der Waals surface area contributed by atoms with Gasteiger partial charge in [-0.15, -0.1) is 12.4 Å². The number of carboxylic acids is 1. The average molecular weight is 1140 g/mol. The quantitative estimate of drug-likeness (QED) is 0.0450. The number of rotatable bonds is 11. The van der Waals surface area contributed by atoms with Crippen LogP contribution in [-0.4, -0.2) is 146 Å². The van der Waals surface area contributed by atoms with Gasteiger partial charge in [-0.3, -0.25) is 19.6 Å². The second-order valence-electron chi connectivity index (χ2n) is 18.3. The Morgan fingerprint density at radius 3 is 1.35 bits per heavy atom. The molecule has 6 aromatic rings. The van der Waals surface area contributed by atoms with Crippen LogP contribution in [0.25, 0.3) is 0 Å². The van der Waals surface area contributed by atoms with Crippen LogP contribution in [0.3, 0.4) is 0 Å². The first-order valence-corrected chi connectivity index (χ1v) is 26.3. The van der Waals surface area contributed by atoms with Crippen molar-refractivity contribution in [2.45, 2.75) is 101 Å². The molecule has 0 atom stereocenters. The Hall–Kier alpha value is -7.41. The minimum atomic E-state index is -0.887. The zero-order chi connectivity index (χ0) is 57.3. The molecule has 0 aliphatic carbocycles. The number of aromatic carboxylic acids is 1. The number of aromatic nitrogens is 6. The van der Waals surface area contributed by atoms with Crippen LogP contribution in [0, 0.1) is 0 Å². The molecule has 0 saturated carbocycles. The van der Waals surface area contributed by atoms with Gasteiger partial charge in [0, 0.05) is 115 Å². The molecular formula is C56H85ClN12O11. The number of hydrogen-bond donors (Lipinski definition) is 6. The van der Waals surface area contributed by atoms with Gasteiger partial charge < -0.3 is 67.2 Å². The fourth-order valence-corrected chi connectivity index (χ4v) is 8.94. The summed E-state index contributed by atoms with van der Waals surface area (Å²) in [6.45, 7) is 21.2. The Morgan fingerprint density at radius 1 is 0.600 bits per heavy atom. The number of halogens is 1. The van der Waals surface area contributed by atoms with Gasteiger partial charge >= 0.3 is 17.9 Å². The Bertz CT molecular complexity index is 2830. The lowest BCUT2D eigenvalue weighted by Crippen LogP contribution is -2.32. The fraction of sp³-hybridized carbons (Fsp3) is 0.464. The highest BCUT2D eigenvalue weighted by Gasteiger charge is 2.25. The van der Waals surface area contributed by atoms with Crippen molar-refractivity contribution in [3.63, 3.8) is 0 Å². The predicted octanol–water partition coefficient (Wildman–Crippen LogP) is 6.66. The van der Waals surface area contributed by atoms with E-state index in [1.54, 1.807) is 70.1 Å². The molecule has 9 heterocycles. The predicted molar refractivity (Wildman–Crippen MR) is 306 cm³/mol. The largest absolute Gasteiger partial charge is 0.477 e. The van der Waals surface area contributed by atoms with Crippen molar-refractivity contribution in [1.82, 2.24) is 52.9 Å². The Kier molecular flexibility index (Phi) is 30.3. The maximum Gasteiger partial charge on any atom is 0.352 e. The van der Waals surface area contributed by atoms with E-state index in [1.807, 2.05) is 94.7 Å². The van der Waals surface area contributed by atoms with Gasteiger partial charge in [0.2, 0.25) is 0 Å². The summed E-state index contributed by atoms with van der Waals surface area (Å²) in [4.78, 5) is 76.4. The van der Waals surface area contributed by atoms with Gasteiger partial charge in [0.1, 0.15) is 17.1 Å². The van der Waals surface area contributed by atoms with Crippen LogP contribution in [0.5, 0.6) is 0 Å². The van der Waals surface area contributed by atoms with Crippen LogP contribution in [-0.2, 0) is 69.9 Å². The number of fused-ring (bicyclic) bond motifs is 3. The lowest BCUT2D eigenvalue weighted by Gasteiger charge is -2.20. The number of nitrogens with two attached hydrogens (primary N) is 1. The highest BCUT2D eigenvalue weighted by atomic mass is 35.5.